The molecule has 0 saturated heterocycles. The Balaban J connectivity index is 1.82. The van der Waals surface area contributed by atoms with Crippen LogP contribution >= 0.6 is 12.2 Å². The number of imidazole rings is 2. The molecule has 0 aliphatic heterocycles. The molecule has 0 unspecified atom stereocenters. The number of hydrogen-bond acceptors (Lipinski definition) is 3. The third-order valence-electron chi connectivity index (χ3n) is 2.72. The van der Waals surface area contributed by atoms with Crippen molar-refractivity contribution in [1.82, 2.24) is 19.1 Å². The lowest BCUT2D eigenvalue weighted by Gasteiger charge is -2.06. The van der Waals surface area contributed by atoms with Crippen LogP contribution in [0.3, 0.4) is 0 Å². The number of unbranched alkanes of at least 4 members (excludes halogenated alkanes) is 1. The Labute approximate surface area is 105 Å². The number of aromatic amines is 1. The van der Waals surface area contributed by atoms with E-state index < -0.39 is 0 Å². The Bertz CT molecular complexity index is 500. The molecule has 2 aromatic heterocycles. The number of aliphatic hydroxyl groups excluding tert-OH is 1. The van der Waals surface area contributed by atoms with Gasteiger partial charge in [0, 0.05) is 31.7 Å². The van der Waals surface area contributed by atoms with Gasteiger partial charge in [-0.3, -0.25) is 0 Å². The third-order valence-corrected chi connectivity index (χ3v) is 3.06. The van der Waals surface area contributed by atoms with Crippen LogP contribution in [0.4, 0.5) is 0 Å². The van der Waals surface area contributed by atoms with Crippen LogP contribution in [0, 0.1) is 4.77 Å². The maximum absolute atomic E-state index is 9.14. The summed E-state index contributed by atoms with van der Waals surface area (Å²) >= 11 is 5.15. The molecule has 6 heteroatoms. The maximum atomic E-state index is 9.14. The molecule has 17 heavy (non-hydrogen) atoms. The molecular formula is C11H16N4OS. The molecule has 5 nitrogen and oxygen atoms in total. The standard InChI is InChI=1S/C11H16N4OS/c16-8-10-7-13-11(17)15(10)5-2-1-4-14-6-3-12-9-14/h3,6-7,9,16H,1-2,4-5,8H2,(H,13,17). The summed E-state index contributed by atoms with van der Waals surface area (Å²) in [5.41, 5.74) is 0.845. The second-order valence-electron chi connectivity index (χ2n) is 3.90. The fraction of sp³-hybridized carbons (Fsp3) is 0.455. The van der Waals surface area contributed by atoms with Gasteiger partial charge in [-0.2, -0.15) is 0 Å². The Kier molecular flexibility index (Phi) is 4.11. The zero-order valence-electron chi connectivity index (χ0n) is 9.54. The number of nitrogens with one attached hydrogen (secondary N) is 1. The summed E-state index contributed by atoms with van der Waals surface area (Å²) < 4.78 is 4.68. The van der Waals surface area contributed by atoms with Crippen molar-refractivity contribution in [2.45, 2.75) is 32.5 Å². The number of aromatic nitrogens is 4. The van der Waals surface area contributed by atoms with Gasteiger partial charge in [-0.05, 0) is 25.1 Å². The lowest BCUT2D eigenvalue weighted by Crippen LogP contribution is -2.04. The van der Waals surface area contributed by atoms with Gasteiger partial charge in [-0.15, -0.1) is 0 Å². The zero-order valence-corrected chi connectivity index (χ0v) is 10.4. The van der Waals surface area contributed by atoms with Gasteiger partial charge >= 0.3 is 0 Å². The minimum absolute atomic E-state index is 0.0225. The highest BCUT2D eigenvalue weighted by Crippen LogP contribution is 2.05. The van der Waals surface area contributed by atoms with E-state index in [-0.39, 0.29) is 6.61 Å². The van der Waals surface area contributed by atoms with Crippen LogP contribution in [0.15, 0.2) is 24.9 Å². The largest absolute Gasteiger partial charge is 0.390 e. The summed E-state index contributed by atoms with van der Waals surface area (Å²) in [5.74, 6) is 0. The first kappa shape index (κ1) is 12.1. The van der Waals surface area contributed by atoms with Gasteiger partial charge in [0.25, 0.3) is 0 Å². The van der Waals surface area contributed by atoms with Gasteiger partial charge in [-0.1, -0.05) is 0 Å². The first-order valence-electron chi connectivity index (χ1n) is 5.65. The molecular weight excluding hydrogens is 236 g/mol. The molecule has 0 spiro atoms. The van der Waals surface area contributed by atoms with Crippen molar-refractivity contribution in [3.63, 3.8) is 0 Å². The highest BCUT2D eigenvalue weighted by Gasteiger charge is 2.02. The highest BCUT2D eigenvalue weighted by atomic mass is 32.1. The van der Waals surface area contributed by atoms with Crippen LogP contribution in [-0.4, -0.2) is 24.2 Å². The molecule has 0 radical (unpaired) electrons. The van der Waals surface area contributed by atoms with E-state index in [4.69, 9.17) is 17.3 Å². The minimum Gasteiger partial charge on any atom is -0.390 e. The monoisotopic (exact) mass is 252 g/mol. The third kappa shape index (κ3) is 3.04. The van der Waals surface area contributed by atoms with Gasteiger partial charge in [0.2, 0.25) is 0 Å². The first-order valence-corrected chi connectivity index (χ1v) is 6.06. The molecule has 0 amide bonds. The van der Waals surface area contributed by atoms with Crippen molar-refractivity contribution >= 4 is 12.2 Å². The topological polar surface area (TPSA) is 58.8 Å². The predicted octanol–water partition coefficient (Wildman–Crippen LogP) is 1.71. The van der Waals surface area contributed by atoms with Crippen molar-refractivity contribution in [1.29, 1.82) is 0 Å². The molecule has 0 fully saturated rings. The Hall–Kier alpha value is -1.40. The molecule has 2 N–H and O–H groups in total. The number of nitrogens with zero attached hydrogens (tertiary/aromatic N) is 3. The lowest BCUT2D eigenvalue weighted by atomic mass is 10.3. The molecule has 0 saturated carbocycles. The SMILES string of the molecule is OCc1c[nH]c(=S)n1CCCCn1ccnc1. The summed E-state index contributed by atoms with van der Waals surface area (Å²) in [5, 5.41) is 9.14. The fourth-order valence-corrected chi connectivity index (χ4v) is 2.06. The van der Waals surface area contributed by atoms with E-state index in [0.717, 1.165) is 31.6 Å². The van der Waals surface area contributed by atoms with Crippen LogP contribution < -0.4 is 0 Å². The van der Waals surface area contributed by atoms with E-state index in [9.17, 15) is 0 Å². The Morgan fingerprint density at radius 1 is 1.35 bits per heavy atom. The molecule has 2 rings (SSSR count). The lowest BCUT2D eigenvalue weighted by molar-refractivity contribution is 0.269. The van der Waals surface area contributed by atoms with Crippen molar-refractivity contribution in [2.24, 2.45) is 0 Å². The average Bonchev–Trinajstić information content (AvgIpc) is 2.95. The number of hydrogen-bond donors (Lipinski definition) is 2. The molecule has 92 valence electrons. The highest BCUT2D eigenvalue weighted by molar-refractivity contribution is 7.71. The molecule has 2 heterocycles. The van der Waals surface area contributed by atoms with Crippen LogP contribution in [0.2, 0.25) is 0 Å². The minimum atomic E-state index is 0.0225. The summed E-state index contributed by atoms with van der Waals surface area (Å²) in [7, 11) is 0. The number of aliphatic hydroxyl groups is 1. The van der Waals surface area contributed by atoms with E-state index in [2.05, 4.69) is 14.5 Å². The normalized spacial score (nSPS) is 10.9. The van der Waals surface area contributed by atoms with Crippen LogP contribution in [0.1, 0.15) is 18.5 Å². The summed E-state index contributed by atoms with van der Waals surface area (Å²) in [6, 6.07) is 0. The van der Waals surface area contributed by atoms with Crippen LogP contribution in [0.5, 0.6) is 0 Å². The predicted molar refractivity (Wildman–Crippen MR) is 67.0 cm³/mol. The quantitative estimate of drug-likeness (QED) is 0.608. The molecule has 0 atom stereocenters. The van der Waals surface area contributed by atoms with Gasteiger partial charge in [0.15, 0.2) is 4.77 Å². The summed E-state index contributed by atoms with van der Waals surface area (Å²) in [6.07, 6.45) is 9.41. The summed E-state index contributed by atoms with van der Waals surface area (Å²) in [6.45, 7) is 1.83. The molecule has 0 aromatic carbocycles. The van der Waals surface area contributed by atoms with Crippen molar-refractivity contribution in [2.75, 3.05) is 0 Å². The molecule has 2 aromatic rings. The maximum Gasteiger partial charge on any atom is 0.177 e. The second kappa shape index (κ2) is 5.79. The number of H-pyrrole nitrogens is 1. The van der Waals surface area contributed by atoms with Crippen molar-refractivity contribution in [3.05, 3.63) is 35.4 Å². The van der Waals surface area contributed by atoms with Crippen LogP contribution in [0.25, 0.3) is 0 Å². The van der Waals surface area contributed by atoms with Gasteiger partial charge in [-0.25, -0.2) is 4.98 Å². The molecule has 0 aliphatic rings. The van der Waals surface area contributed by atoms with Gasteiger partial charge in [0.1, 0.15) is 0 Å². The Morgan fingerprint density at radius 2 is 2.18 bits per heavy atom. The smallest absolute Gasteiger partial charge is 0.177 e. The van der Waals surface area contributed by atoms with Crippen LogP contribution in [-0.2, 0) is 19.7 Å². The summed E-state index contributed by atoms with van der Waals surface area (Å²) in [4.78, 5) is 6.94. The Morgan fingerprint density at radius 3 is 2.88 bits per heavy atom. The molecule has 0 bridgehead atoms. The van der Waals surface area contributed by atoms with Gasteiger partial charge < -0.3 is 19.2 Å². The second-order valence-corrected chi connectivity index (χ2v) is 4.29. The van der Waals surface area contributed by atoms with Gasteiger partial charge in [0.05, 0.1) is 18.6 Å². The number of rotatable bonds is 6. The van der Waals surface area contributed by atoms with Crippen molar-refractivity contribution in [3.8, 4) is 0 Å². The van der Waals surface area contributed by atoms with E-state index in [0.29, 0.717) is 4.77 Å². The fourth-order valence-electron chi connectivity index (χ4n) is 1.79. The molecule has 0 aliphatic carbocycles. The average molecular weight is 252 g/mol. The van der Waals surface area contributed by atoms with E-state index in [1.165, 1.54) is 0 Å². The first-order chi connectivity index (χ1) is 8.31. The zero-order chi connectivity index (χ0) is 12.1. The number of aryl methyl sites for hydroxylation is 1. The van der Waals surface area contributed by atoms with E-state index in [1.807, 2.05) is 17.1 Å². The van der Waals surface area contributed by atoms with Crippen molar-refractivity contribution < 1.29 is 5.11 Å². The van der Waals surface area contributed by atoms with E-state index >= 15 is 0 Å². The van der Waals surface area contributed by atoms with E-state index in [1.54, 1.807) is 12.4 Å².